The van der Waals surface area contributed by atoms with E-state index in [4.69, 9.17) is 14.6 Å². The second-order valence-electron chi connectivity index (χ2n) is 9.61. The van der Waals surface area contributed by atoms with Crippen LogP contribution in [0.1, 0.15) is 48.0 Å². The van der Waals surface area contributed by atoms with Crippen LogP contribution in [0.3, 0.4) is 0 Å². The van der Waals surface area contributed by atoms with E-state index in [0.717, 1.165) is 0 Å². The van der Waals surface area contributed by atoms with Gasteiger partial charge in [-0.3, -0.25) is 4.79 Å². The second kappa shape index (κ2) is 10.9. The molecule has 0 bridgehead atoms. The van der Waals surface area contributed by atoms with Crippen molar-refractivity contribution in [3.8, 4) is 11.5 Å². The molecule has 2 N–H and O–H groups in total. The van der Waals surface area contributed by atoms with Crippen molar-refractivity contribution in [2.45, 2.75) is 58.5 Å². The number of carbonyl (C=O) groups excluding carboxylic acids is 2. The molecule has 9 heteroatoms. The fourth-order valence-corrected chi connectivity index (χ4v) is 4.27. The van der Waals surface area contributed by atoms with E-state index in [1.54, 1.807) is 52.0 Å². The fourth-order valence-electron chi connectivity index (χ4n) is 3.15. The Morgan fingerprint density at radius 1 is 1.03 bits per heavy atom. The molecule has 184 valence electrons. The maximum absolute atomic E-state index is 13.3. The van der Waals surface area contributed by atoms with Crippen LogP contribution < -0.4 is 9.88 Å². The normalized spacial score (nSPS) is 15.4. The van der Waals surface area contributed by atoms with Crippen LogP contribution in [0.2, 0.25) is 0 Å². The van der Waals surface area contributed by atoms with Gasteiger partial charge in [0.15, 0.2) is 0 Å². The summed E-state index contributed by atoms with van der Waals surface area (Å²) in [7, 11) is -3.59. The summed E-state index contributed by atoms with van der Waals surface area (Å²) in [6, 6.07) is 15.4. The van der Waals surface area contributed by atoms with Crippen molar-refractivity contribution in [1.29, 1.82) is 0 Å². The van der Waals surface area contributed by atoms with E-state index in [1.807, 2.05) is 32.0 Å². The van der Waals surface area contributed by atoms with Crippen LogP contribution in [0.5, 0.6) is 11.5 Å². The molecule has 0 aliphatic heterocycles. The highest BCUT2D eigenvalue weighted by Crippen LogP contribution is 2.28. The number of nitrogens with zero attached hydrogens (tertiary/aromatic N) is 2. The number of ether oxygens (including phenoxy) is 2. The number of benzene rings is 2. The monoisotopic (exact) mass is 487 g/mol. The summed E-state index contributed by atoms with van der Waals surface area (Å²) in [6.07, 6.45) is 0.695. The van der Waals surface area contributed by atoms with Gasteiger partial charge >= 0.3 is 6.09 Å². The molecule has 2 atom stereocenters. The summed E-state index contributed by atoms with van der Waals surface area (Å²) in [4.78, 5) is 29.2. The molecule has 2 aromatic rings. The number of amides is 2. The smallest absolute Gasteiger partial charge is 0.433 e. The van der Waals surface area contributed by atoms with E-state index in [9.17, 15) is 13.8 Å². The van der Waals surface area contributed by atoms with E-state index < -0.39 is 32.9 Å². The molecular formula is C25H33N3O5S. The van der Waals surface area contributed by atoms with Crippen molar-refractivity contribution >= 4 is 28.1 Å². The fraction of sp³-hybridized carbons (Fsp3) is 0.400. The molecule has 0 heterocycles. The van der Waals surface area contributed by atoms with Crippen LogP contribution in [0.4, 0.5) is 4.79 Å². The molecule has 0 aliphatic carbocycles. The number of carbonyl (C=O) groups is 2. The molecule has 2 aromatic carbocycles. The molecule has 34 heavy (non-hydrogen) atoms. The third kappa shape index (κ3) is 8.39. The number of rotatable bonds is 7. The lowest BCUT2D eigenvalue weighted by Gasteiger charge is -2.24. The zero-order valence-corrected chi connectivity index (χ0v) is 21.3. The summed E-state index contributed by atoms with van der Waals surface area (Å²) >= 11 is 0. The Bertz CT molecular complexity index is 1160. The summed E-state index contributed by atoms with van der Waals surface area (Å²) in [5.41, 5.74) is -2.03. The van der Waals surface area contributed by atoms with Gasteiger partial charge in [0.05, 0.1) is 10.3 Å². The SMILES string of the molecule is CC(C)CC(C)(C=NC(=O)OC(C)(C)C)C(=O)N=S(N)(=O)c1cccc(Oc2ccccc2)c1. The summed E-state index contributed by atoms with van der Waals surface area (Å²) < 4.78 is 28.1. The third-order valence-corrected chi connectivity index (χ3v) is 5.88. The van der Waals surface area contributed by atoms with Crippen LogP contribution >= 0.6 is 0 Å². The average Bonchev–Trinajstić information content (AvgIpc) is 2.71. The largest absolute Gasteiger partial charge is 0.457 e. The Kier molecular flexibility index (Phi) is 8.74. The minimum absolute atomic E-state index is 0.0608. The average molecular weight is 488 g/mol. The van der Waals surface area contributed by atoms with Crippen LogP contribution in [0.15, 0.2) is 68.8 Å². The first kappa shape index (κ1) is 27.2. The third-order valence-electron chi connectivity index (χ3n) is 4.51. The Hall–Kier alpha value is -3.04. The zero-order chi connectivity index (χ0) is 25.6. The van der Waals surface area contributed by atoms with E-state index >= 15 is 0 Å². The zero-order valence-electron chi connectivity index (χ0n) is 20.5. The van der Waals surface area contributed by atoms with Gasteiger partial charge in [0.25, 0.3) is 5.91 Å². The summed E-state index contributed by atoms with van der Waals surface area (Å²) in [5.74, 6) is 0.320. The maximum atomic E-state index is 13.3. The molecule has 0 radical (unpaired) electrons. The van der Waals surface area contributed by atoms with E-state index in [1.165, 1.54) is 18.3 Å². The van der Waals surface area contributed by atoms with Crippen molar-refractivity contribution in [1.82, 2.24) is 0 Å². The van der Waals surface area contributed by atoms with Crippen molar-refractivity contribution in [3.63, 3.8) is 0 Å². The second-order valence-corrected chi connectivity index (χ2v) is 11.4. The lowest BCUT2D eigenvalue weighted by molar-refractivity contribution is -0.123. The molecule has 0 spiro atoms. The first-order chi connectivity index (χ1) is 15.7. The number of hydrogen-bond donors (Lipinski definition) is 1. The number of nitrogens with two attached hydrogens (primary N) is 1. The molecule has 0 aromatic heterocycles. The van der Waals surface area contributed by atoms with E-state index in [2.05, 4.69) is 9.36 Å². The Morgan fingerprint density at radius 2 is 1.65 bits per heavy atom. The Labute approximate surface area is 201 Å². The molecule has 2 unspecified atom stereocenters. The molecule has 0 fully saturated rings. The molecule has 8 nitrogen and oxygen atoms in total. The predicted octanol–water partition coefficient (Wildman–Crippen LogP) is 5.76. The van der Waals surface area contributed by atoms with Gasteiger partial charge in [-0.15, -0.1) is 4.36 Å². The molecule has 2 rings (SSSR count). The van der Waals surface area contributed by atoms with Crippen LogP contribution in [-0.2, 0) is 19.4 Å². The topological polar surface area (TPSA) is 120 Å². The van der Waals surface area contributed by atoms with Gasteiger partial charge in [0.2, 0.25) is 0 Å². The van der Waals surface area contributed by atoms with Crippen LogP contribution in [0.25, 0.3) is 0 Å². The number of aliphatic imine (C=N–C) groups is 1. The summed E-state index contributed by atoms with van der Waals surface area (Å²) in [5, 5.41) is 6.02. The molecule has 0 aliphatic rings. The highest BCUT2D eigenvalue weighted by atomic mass is 32.2. The minimum Gasteiger partial charge on any atom is -0.457 e. The van der Waals surface area contributed by atoms with Gasteiger partial charge < -0.3 is 9.47 Å². The first-order valence-corrected chi connectivity index (χ1v) is 12.5. The first-order valence-electron chi connectivity index (χ1n) is 10.9. The number of hydrogen-bond acceptors (Lipinski definition) is 5. The molecule has 2 amide bonds. The van der Waals surface area contributed by atoms with Gasteiger partial charge in [-0.1, -0.05) is 38.1 Å². The highest BCUT2D eigenvalue weighted by molar-refractivity contribution is 7.91. The predicted molar refractivity (Wildman–Crippen MR) is 133 cm³/mol. The van der Waals surface area contributed by atoms with E-state index in [0.29, 0.717) is 17.9 Å². The van der Waals surface area contributed by atoms with Crippen molar-refractivity contribution < 1.29 is 23.3 Å². The maximum Gasteiger partial charge on any atom is 0.433 e. The van der Waals surface area contributed by atoms with E-state index in [-0.39, 0.29) is 10.8 Å². The van der Waals surface area contributed by atoms with Crippen molar-refractivity contribution in [3.05, 3.63) is 54.6 Å². The van der Waals surface area contributed by atoms with Gasteiger partial charge in [-0.2, -0.15) is 4.99 Å². The molecular weight excluding hydrogens is 454 g/mol. The number of para-hydroxylation sites is 1. The quantitative estimate of drug-likeness (QED) is 0.497. The molecule has 0 saturated heterocycles. The van der Waals surface area contributed by atoms with Gasteiger partial charge in [0, 0.05) is 6.21 Å². The van der Waals surface area contributed by atoms with Gasteiger partial charge in [0.1, 0.15) is 27.0 Å². The standard InChI is InChI=1S/C25H33N3O5S/c1-18(2)16-25(6,17-27-23(30)33-24(3,4)5)22(29)28-34(26,31)21-14-10-13-20(15-21)32-19-11-8-7-9-12-19/h7-15,17-18H,16H2,1-6H3,(H2,26,28,29,31). The van der Waals surface area contributed by atoms with Crippen molar-refractivity contribution in [2.24, 2.45) is 25.8 Å². The molecule has 0 saturated carbocycles. The Balaban J connectivity index is 2.35. The lowest BCUT2D eigenvalue weighted by Crippen LogP contribution is -2.32. The lowest BCUT2D eigenvalue weighted by atomic mass is 9.82. The van der Waals surface area contributed by atoms with Gasteiger partial charge in [-0.05, 0) is 70.4 Å². The summed E-state index contributed by atoms with van der Waals surface area (Å²) in [6.45, 7) is 10.6. The van der Waals surface area contributed by atoms with Crippen LogP contribution in [0, 0.1) is 11.3 Å². The van der Waals surface area contributed by atoms with Crippen LogP contribution in [-0.4, -0.2) is 28.0 Å². The van der Waals surface area contributed by atoms with Crippen molar-refractivity contribution in [2.75, 3.05) is 0 Å². The minimum atomic E-state index is -3.59. The Morgan fingerprint density at radius 3 is 2.24 bits per heavy atom. The highest BCUT2D eigenvalue weighted by Gasteiger charge is 2.34. The van der Waals surface area contributed by atoms with Gasteiger partial charge in [-0.25, -0.2) is 14.1 Å².